The summed E-state index contributed by atoms with van der Waals surface area (Å²) in [5, 5.41) is 5.60. The molecule has 1 aromatic carbocycles. The Labute approximate surface area is 169 Å². The van der Waals surface area contributed by atoms with Crippen LogP contribution in [0.3, 0.4) is 0 Å². The Morgan fingerprint density at radius 3 is 2.68 bits per heavy atom. The van der Waals surface area contributed by atoms with E-state index in [-0.39, 0.29) is 36.6 Å². The number of rotatable bonds is 10. The van der Waals surface area contributed by atoms with Crippen molar-refractivity contribution < 1.29 is 28.5 Å². The van der Waals surface area contributed by atoms with Crippen molar-refractivity contribution in [2.45, 2.75) is 31.8 Å². The number of carbonyl (C=O) groups is 2. The van der Waals surface area contributed by atoms with Crippen molar-refractivity contribution >= 4 is 34.9 Å². The third kappa shape index (κ3) is 8.64. The van der Waals surface area contributed by atoms with Gasteiger partial charge >= 0.3 is 5.97 Å². The Bertz CT molecular complexity index is 646. The summed E-state index contributed by atoms with van der Waals surface area (Å²) in [6.07, 6.45) is 2.24. The zero-order chi connectivity index (χ0) is 20.2. The monoisotopic (exact) mass is 410 g/mol. The number of carbonyl (C=O) groups excluding carboxylic acids is 2. The largest absolute Gasteiger partial charge is 0.491 e. The molecule has 2 rings (SSSR count). The van der Waals surface area contributed by atoms with E-state index in [1.807, 2.05) is 12.1 Å². The highest BCUT2D eigenvalue weighted by atomic mass is 32.1. The summed E-state index contributed by atoms with van der Waals surface area (Å²) in [7, 11) is 1.52. The van der Waals surface area contributed by atoms with E-state index in [9.17, 15) is 9.59 Å². The van der Waals surface area contributed by atoms with Crippen LogP contribution < -0.4 is 15.4 Å². The van der Waals surface area contributed by atoms with Gasteiger partial charge in [0.2, 0.25) is 5.91 Å². The topological polar surface area (TPSA) is 95.1 Å². The highest BCUT2D eigenvalue weighted by Crippen LogP contribution is 2.18. The quantitative estimate of drug-likeness (QED) is 0.344. The molecule has 1 amide bonds. The van der Waals surface area contributed by atoms with E-state index in [0.717, 1.165) is 25.2 Å². The minimum absolute atomic E-state index is 0.0103. The van der Waals surface area contributed by atoms with Gasteiger partial charge in [0.05, 0.1) is 19.1 Å². The molecule has 0 radical (unpaired) electrons. The number of anilines is 1. The van der Waals surface area contributed by atoms with Crippen LogP contribution in [0, 0.1) is 0 Å². The molecule has 1 saturated heterocycles. The molecule has 154 valence electrons. The van der Waals surface area contributed by atoms with Crippen LogP contribution in [0.5, 0.6) is 5.75 Å². The van der Waals surface area contributed by atoms with Crippen molar-refractivity contribution in [3.05, 3.63) is 24.3 Å². The molecule has 1 heterocycles. The van der Waals surface area contributed by atoms with Crippen molar-refractivity contribution in [3.63, 3.8) is 0 Å². The first kappa shape index (κ1) is 22.1. The molecular weight excluding hydrogens is 384 g/mol. The molecule has 8 nitrogen and oxygen atoms in total. The van der Waals surface area contributed by atoms with Gasteiger partial charge in [-0.3, -0.25) is 9.59 Å². The SMILES string of the molecule is COCCOC(=O)CCC(=O)NC(=S)Nc1ccc(OC[C@H]2CCCO2)cc1. The van der Waals surface area contributed by atoms with Crippen molar-refractivity contribution in [3.8, 4) is 5.75 Å². The molecule has 1 atom stereocenters. The van der Waals surface area contributed by atoms with Crippen LogP contribution in [0.25, 0.3) is 0 Å². The lowest BCUT2D eigenvalue weighted by Crippen LogP contribution is -2.34. The van der Waals surface area contributed by atoms with E-state index in [1.165, 1.54) is 7.11 Å². The van der Waals surface area contributed by atoms with Gasteiger partial charge in [-0.15, -0.1) is 0 Å². The number of ether oxygens (including phenoxy) is 4. The predicted octanol–water partition coefficient (Wildman–Crippen LogP) is 2.03. The number of nitrogens with one attached hydrogen (secondary N) is 2. The zero-order valence-corrected chi connectivity index (χ0v) is 16.7. The second-order valence-corrected chi connectivity index (χ2v) is 6.59. The molecule has 28 heavy (non-hydrogen) atoms. The highest BCUT2D eigenvalue weighted by Gasteiger charge is 2.16. The average molecular weight is 410 g/mol. The Morgan fingerprint density at radius 1 is 1.21 bits per heavy atom. The van der Waals surface area contributed by atoms with Crippen LogP contribution in [0.1, 0.15) is 25.7 Å². The van der Waals surface area contributed by atoms with Gasteiger partial charge in [0.1, 0.15) is 19.0 Å². The fourth-order valence-electron chi connectivity index (χ4n) is 2.48. The Balaban J connectivity index is 1.64. The van der Waals surface area contributed by atoms with Gasteiger partial charge < -0.3 is 29.6 Å². The third-order valence-electron chi connectivity index (χ3n) is 3.93. The van der Waals surface area contributed by atoms with Gasteiger partial charge in [0, 0.05) is 25.8 Å². The minimum atomic E-state index is -0.454. The lowest BCUT2D eigenvalue weighted by Gasteiger charge is -2.13. The number of hydrogen-bond donors (Lipinski definition) is 2. The number of esters is 1. The van der Waals surface area contributed by atoms with Crippen LogP contribution in [0.15, 0.2) is 24.3 Å². The van der Waals surface area contributed by atoms with Gasteiger partial charge in [-0.05, 0) is 49.3 Å². The van der Waals surface area contributed by atoms with Gasteiger partial charge in [0.15, 0.2) is 5.11 Å². The number of hydrogen-bond acceptors (Lipinski definition) is 7. The predicted molar refractivity (Wildman–Crippen MR) is 107 cm³/mol. The number of thiocarbonyl (C=S) groups is 1. The van der Waals surface area contributed by atoms with Crippen LogP contribution in [0.2, 0.25) is 0 Å². The third-order valence-corrected chi connectivity index (χ3v) is 4.14. The second-order valence-electron chi connectivity index (χ2n) is 6.19. The lowest BCUT2D eigenvalue weighted by atomic mass is 10.2. The van der Waals surface area contributed by atoms with Crippen molar-refractivity contribution in [2.75, 3.05) is 38.9 Å². The smallest absolute Gasteiger partial charge is 0.306 e. The molecular formula is C19H26N2O6S. The maximum atomic E-state index is 11.8. The van der Waals surface area contributed by atoms with E-state index in [0.29, 0.717) is 18.9 Å². The first-order valence-electron chi connectivity index (χ1n) is 9.16. The van der Waals surface area contributed by atoms with Crippen LogP contribution in [-0.4, -0.2) is 56.6 Å². The molecule has 1 aliphatic rings. The molecule has 1 aliphatic heterocycles. The van der Waals surface area contributed by atoms with Crippen LogP contribution >= 0.6 is 12.2 Å². The van der Waals surface area contributed by atoms with Gasteiger partial charge in [0.25, 0.3) is 0 Å². The Hall–Kier alpha value is -2.23. The summed E-state index contributed by atoms with van der Waals surface area (Å²) in [6, 6.07) is 7.24. The summed E-state index contributed by atoms with van der Waals surface area (Å²) in [5.74, 6) is -0.0784. The summed E-state index contributed by atoms with van der Waals surface area (Å²) >= 11 is 5.11. The standard InChI is InChI=1S/C19H26N2O6S/c1-24-11-12-26-18(23)9-8-17(22)21-19(28)20-14-4-6-15(7-5-14)27-13-16-3-2-10-25-16/h4-7,16H,2-3,8-13H2,1H3,(H2,20,21,22,28)/t16-/m1/s1. The first-order valence-corrected chi connectivity index (χ1v) is 9.57. The summed E-state index contributed by atoms with van der Waals surface area (Å²) in [6.45, 7) is 1.83. The summed E-state index contributed by atoms with van der Waals surface area (Å²) in [5.41, 5.74) is 0.716. The molecule has 9 heteroatoms. The van der Waals surface area contributed by atoms with Crippen LogP contribution in [-0.2, 0) is 23.8 Å². The molecule has 2 N–H and O–H groups in total. The number of methoxy groups -OCH3 is 1. The van der Waals surface area contributed by atoms with Crippen LogP contribution in [0.4, 0.5) is 5.69 Å². The minimum Gasteiger partial charge on any atom is -0.491 e. The first-order chi connectivity index (χ1) is 13.6. The molecule has 0 bridgehead atoms. The molecule has 0 saturated carbocycles. The average Bonchev–Trinajstić information content (AvgIpc) is 3.19. The molecule has 1 fully saturated rings. The Kier molecular flexibility index (Phi) is 9.67. The van der Waals surface area contributed by atoms with Gasteiger partial charge in [-0.25, -0.2) is 0 Å². The Morgan fingerprint density at radius 2 is 2.00 bits per heavy atom. The summed E-state index contributed by atoms with van der Waals surface area (Å²) in [4.78, 5) is 23.3. The normalized spacial score (nSPS) is 15.7. The zero-order valence-electron chi connectivity index (χ0n) is 15.9. The second kappa shape index (κ2) is 12.3. The van der Waals surface area contributed by atoms with E-state index in [1.54, 1.807) is 12.1 Å². The van der Waals surface area contributed by atoms with E-state index < -0.39 is 5.97 Å². The number of amides is 1. The fourth-order valence-corrected chi connectivity index (χ4v) is 2.71. The van der Waals surface area contributed by atoms with E-state index in [2.05, 4.69) is 10.6 Å². The van der Waals surface area contributed by atoms with Crippen molar-refractivity contribution in [1.29, 1.82) is 0 Å². The highest BCUT2D eigenvalue weighted by molar-refractivity contribution is 7.80. The van der Waals surface area contributed by atoms with Gasteiger partial charge in [-0.2, -0.15) is 0 Å². The fraction of sp³-hybridized carbons (Fsp3) is 0.526. The molecule has 0 aliphatic carbocycles. The maximum absolute atomic E-state index is 11.8. The lowest BCUT2D eigenvalue weighted by molar-refractivity contribution is -0.146. The van der Waals surface area contributed by atoms with E-state index >= 15 is 0 Å². The number of benzene rings is 1. The summed E-state index contributed by atoms with van der Waals surface area (Å²) < 4.78 is 20.9. The van der Waals surface area contributed by atoms with E-state index in [4.69, 9.17) is 31.2 Å². The van der Waals surface area contributed by atoms with Crippen molar-refractivity contribution in [2.24, 2.45) is 0 Å². The molecule has 0 spiro atoms. The molecule has 1 aromatic rings. The maximum Gasteiger partial charge on any atom is 0.306 e. The van der Waals surface area contributed by atoms with Crippen molar-refractivity contribution in [1.82, 2.24) is 5.32 Å². The molecule has 0 aromatic heterocycles. The molecule has 0 unspecified atom stereocenters. The van der Waals surface area contributed by atoms with Gasteiger partial charge in [-0.1, -0.05) is 0 Å².